The number of thiazole rings is 1. The Kier molecular flexibility index (Phi) is 6.61. The highest BCUT2D eigenvalue weighted by Crippen LogP contribution is 2.31. The van der Waals surface area contributed by atoms with Gasteiger partial charge < -0.3 is 15.0 Å². The lowest BCUT2D eigenvalue weighted by Crippen LogP contribution is -2.35. The third-order valence-corrected chi connectivity index (χ3v) is 6.59. The van der Waals surface area contributed by atoms with Crippen LogP contribution in [-0.4, -0.2) is 55.2 Å². The van der Waals surface area contributed by atoms with Crippen molar-refractivity contribution in [2.24, 2.45) is 0 Å². The van der Waals surface area contributed by atoms with Crippen LogP contribution in [0.3, 0.4) is 0 Å². The minimum Gasteiger partial charge on any atom is -0.379 e. The topological polar surface area (TPSA) is 57.7 Å². The molecule has 0 bridgehead atoms. The molecule has 0 spiro atoms. The molecule has 8 heteroatoms. The largest absolute Gasteiger partial charge is 0.379 e. The van der Waals surface area contributed by atoms with Crippen LogP contribution in [0.1, 0.15) is 35.3 Å². The second-order valence-corrected chi connectivity index (χ2v) is 9.36. The molecule has 2 aliphatic rings. The van der Waals surface area contributed by atoms with E-state index >= 15 is 0 Å². The van der Waals surface area contributed by atoms with E-state index in [2.05, 4.69) is 54.2 Å². The molecule has 28 heavy (non-hydrogen) atoms. The molecular weight excluding hydrogens is 440 g/mol. The average Bonchev–Trinajstić information content (AvgIpc) is 3.16. The van der Waals surface area contributed by atoms with E-state index in [1.165, 1.54) is 36.2 Å². The second kappa shape index (κ2) is 9.35. The Morgan fingerprint density at radius 3 is 2.68 bits per heavy atom. The molecule has 4 rings (SSSR count). The maximum Gasteiger partial charge on any atom is 0.275 e. The number of hydrogen-bond acceptors (Lipinski definition) is 6. The van der Waals surface area contributed by atoms with Gasteiger partial charge in [0.25, 0.3) is 5.91 Å². The molecule has 2 aromatic rings. The maximum absolute atomic E-state index is 12.7. The van der Waals surface area contributed by atoms with Crippen LogP contribution < -0.4 is 10.2 Å². The summed E-state index contributed by atoms with van der Waals surface area (Å²) in [5.74, 6) is -0.163. The first-order valence-electron chi connectivity index (χ1n) is 9.79. The predicted octanol–water partition coefficient (Wildman–Crippen LogP) is 3.98. The second-order valence-electron chi connectivity index (χ2n) is 7.23. The van der Waals surface area contributed by atoms with Gasteiger partial charge in [-0.2, -0.15) is 0 Å². The summed E-state index contributed by atoms with van der Waals surface area (Å²) in [7, 11) is 0. The molecule has 6 nitrogen and oxygen atoms in total. The van der Waals surface area contributed by atoms with Crippen LogP contribution >= 0.6 is 27.3 Å². The van der Waals surface area contributed by atoms with E-state index in [1.54, 1.807) is 5.38 Å². The quantitative estimate of drug-likeness (QED) is 0.724. The third-order valence-electron chi connectivity index (χ3n) is 5.22. The number of morpholine rings is 1. The van der Waals surface area contributed by atoms with Crippen LogP contribution in [0.15, 0.2) is 27.5 Å². The van der Waals surface area contributed by atoms with Crippen molar-refractivity contribution in [3.05, 3.63) is 38.8 Å². The molecule has 0 unspecified atom stereocenters. The van der Waals surface area contributed by atoms with Gasteiger partial charge in [0.15, 0.2) is 3.92 Å². The summed E-state index contributed by atoms with van der Waals surface area (Å²) in [6, 6.07) is 6.47. The lowest BCUT2D eigenvalue weighted by Gasteiger charge is -2.31. The zero-order chi connectivity index (χ0) is 19.3. The standard InChI is InChI=1S/C20H25BrN4O2S/c21-20-23-17(14-28-20)19(26)22-16-12-15(13-24-8-10-27-11-9-24)4-5-18(16)25-6-2-1-3-7-25/h4-5,12,14H,1-3,6-11,13H2,(H,22,26). The Morgan fingerprint density at radius 2 is 1.96 bits per heavy atom. The number of piperidine rings is 1. The Balaban J connectivity index is 1.57. The molecule has 1 aromatic carbocycles. The van der Waals surface area contributed by atoms with Crippen LogP contribution in [0.4, 0.5) is 11.4 Å². The number of nitrogens with zero attached hydrogens (tertiary/aromatic N) is 3. The van der Waals surface area contributed by atoms with Gasteiger partial charge in [0, 0.05) is 38.1 Å². The number of carbonyl (C=O) groups is 1. The van der Waals surface area contributed by atoms with Gasteiger partial charge in [-0.15, -0.1) is 11.3 Å². The number of benzene rings is 1. The van der Waals surface area contributed by atoms with Crippen LogP contribution in [0.2, 0.25) is 0 Å². The van der Waals surface area contributed by atoms with Gasteiger partial charge in [-0.05, 0) is 52.9 Å². The third kappa shape index (κ3) is 4.92. The molecule has 1 amide bonds. The average molecular weight is 465 g/mol. The van der Waals surface area contributed by atoms with E-state index < -0.39 is 0 Å². The summed E-state index contributed by atoms with van der Waals surface area (Å²) in [6.45, 7) is 6.41. The van der Waals surface area contributed by atoms with Gasteiger partial charge in [-0.25, -0.2) is 4.98 Å². The van der Waals surface area contributed by atoms with Crippen molar-refractivity contribution >= 4 is 44.5 Å². The van der Waals surface area contributed by atoms with E-state index in [-0.39, 0.29) is 5.91 Å². The molecule has 1 aromatic heterocycles. The van der Waals surface area contributed by atoms with Crippen LogP contribution in [0.5, 0.6) is 0 Å². The Morgan fingerprint density at radius 1 is 1.18 bits per heavy atom. The summed E-state index contributed by atoms with van der Waals surface area (Å²) in [4.78, 5) is 21.8. The van der Waals surface area contributed by atoms with E-state index in [0.29, 0.717) is 5.69 Å². The van der Waals surface area contributed by atoms with Gasteiger partial charge >= 0.3 is 0 Å². The number of ether oxygens (including phenoxy) is 1. The molecule has 1 N–H and O–H groups in total. The molecule has 2 aliphatic heterocycles. The zero-order valence-corrected chi connectivity index (χ0v) is 18.2. The number of nitrogens with one attached hydrogen (secondary N) is 1. The van der Waals surface area contributed by atoms with Gasteiger partial charge in [-0.1, -0.05) is 6.07 Å². The number of rotatable bonds is 5. The fraction of sp³-hybridized carbons (Fsp3) is 0.500. The van der Waals surface area contributed by atoms with Crippen LogP contribution in [-0.2, 0) is 11.3 Å². The number of carbonyl (C=O) groups excluding carboxylic acids is 1. The monoisotopic (exact) mass is 464 g/mol. The number of halogens is 1. The smallest absolute Gasteiger partial charge is 0.275 e. The predicted molar refractivity (Wildman–Crippen MR) is 116 cm³/mol. The van der Waals surface area contributed by atoms with Crippen molar-refractivity contribution in [1.29, 1.82) is 0 Å². The summed E-state index contributed by atoms with van der Waals surface area (Å²) in [5, 5.41) is 4.89. The van der Waals surface area contributed by atoms with Crippen LogP contribution in [0, 0.1) is 0 Å². The number of amides is 1. The van der Waals surface area contributed by atoms with Crippen molar-refractivity contribution in [2.45, 2.75) is 25.8 Å². The highest BCUT2D eigenvalue weighted by atomic mass is 79.9. The summed E-state index contributed by atoms with van der Waals surface area (Å²) in [5.41, 5.74) is 3.63. The normalized spacial score (nSPS) is 18.2. The zero-order valence-electron chi connectivity index (χ0n) is 15.8. The lowest BCUT2D eigenvalue weighted by molar-refractivity contribution is 0.0342. The van der Waals surface area contributed by atoms with Gasteiger partial charge in [0.2, 0.25) is 0 Å². The van der Waals surface area contributed by atoms with Crippen molar-refractivity contribution in [3.63, 3.8) is 0 Å². The number of hydrogen-bond donors (Lipinski definition) is 1. The van der Waals surface area contributed by atoms with E-state index in [1.807, 2.05) is 0 Å². The van der Waals surface area contributed by atoms with Gasteiger partial charge in [-0.3, -0.25) is 9.69 Å². The Bertz CT molecular complexity index is 816. The minimum absolute atomic E-state index is 0.163. The molecule has 0 saturated carbocycles. The molecule has 3 heterocycles. The molecule has 2 fully saturated rings. The number of anilines is 2. The highest BCUT2D eigenvalue weighted by Gasteiger charge is 2.19. The Labute approximate surface area is 178 Å². The molecule has 0 atom stereocenters. The van der Waals surface area contributed by atoms with Gasteiger partial charge in [0.05, 0.1) is 24.6 Å². The maximum atomic E-state index is 12.7. The summed E-state index contributed by atoms with van der Waals surface area (Å²) >= 11 is 4.75. The van der Waals surface area contributed by atoms with Crippen molar-refractivity contribution in [3.8, 4) is 0 Å². The van der Waals surface area contributed by atoms with E-state index in [4.69, 9.17) is 4.74 Å². The molecule has 0 radical (unpaired) electrons. The first kappa shape index (κ1) is 19.8. The minimum atomic E-state index is -0.163. The molecule has 0 aliphatic carbocycles. The summed E-state index contributed by atoms with van der Waals surface area (Å²) in [6.07, 6.45) is 3.67. The highest BCUT2D eigenvalue weighted by molar-refractivity contribution is 9.11. The lowest BCUT2D eigenvalue weighted by atomic mass is 10.1. The van der Waals surface area contributed by atoms with Gasteiger partial charge in [0.1, 0.15) is 5.69 Å². The Hall–Kier alpha value is -1.48. The molecular formula is C20H25BrN4O2S. The molecule has 2 saturated heterocycles. The fourth-order valence-corrected chi connectivity index (χ4v) is 4.74. The number of aromatic nitrogens is 1. The van der Waals surface area contributed by atoms with Crippen LogP contribution in [0.25, 0.3) is 0 Å². The first-order valence-corrected chi connectivity index (χ1v) is 11.5. The fourth-order valence-electron chi connectivity index (χ4n) is 3.75. The van der Waals surface area contributed by atoms with Crippen molar-refractivity contribution in [2.75, 3.05) is 49.6 Å². The van der Waals surface area contributed by atoms with E-state index in [0.717, 1.165) is 61.2 Å². The summed E-state index contributed by atoms with van der Waals surface area (Å²) < 4.78 is 6.17. The SMILES string of the molecule is O=C(Nc1cc(CN2CCOCC2)ccc1N1CCCCC1)c1csc(Br)n1. The first-order chi connectivity index (χ1) is 13.7. The van der Waals surface area contributed by atoms with Crippen molar-refractivity contribution in [1.82, 2.24) is 9.88 Å². The van der Waals surface area contributed by atoms with Crippen molar-refractivity contribution < 1.29 is 9.53 Å². The molecule has 150 valence electrons. The van der Waals surface area contributed by atoms with E-state index in [9.17, 15) is 4.79 Å².